The van der Waals surface area contributed by atoms with Crippen LogP contribution >= 0.6 is 24.0 Å². The first-order valence-electron chi connectivity index (χ1n) is 8.76. The van der Waals surface area contributed by atoms with Crippen molar-refractivity contribution in [3.63, 3.8) is 0 Å². The molecule has 0 saturated carbocycles. The molecule has 26 heavy (non-hydrogen) atoms. The number of guanidine groups is 1. The number of benzene rings is 1. The summed E-state index contributed by atoms with van der Waals surface area (Å²) in [7, 11) is 0. The standard InChI is InChI=1S/C18H28F2N4O.HI/c1-4-21-18(23-13-11-16(25)24(5-2)6-3)22-12-10-14-8-7-9-15(19)17(14)20;/h7-9H,4-6,10-13H2,1-3H3,(H2,21,22,23);1H. The maximum atomic E-state index is 13.6. The average Bonchev–Trinajstić information content (AvgIpc) is 2.59. The predicted octanol–water partition coefficient (Wildman–Crippen LogP) is 2.94. The van der Waals surface area contributed by atoms with Gasteiger partial charge >= 0.3 is 0 Å². The minimum Gasteiger partial charge on any atom is -0.357 e. The topological polar surface area (TPSA) is 56.7 Å². The molecule has 0 aliphatic rings. The zero-order valence-corrected chi connectivity index (χ0v) is 18.0. The van der Waals surface area contributed by atoms with Gasteiger partial charge in [0.25, 0.3) is 0 Å². The van der Waals surface area contributed by atoms with Crippen molar-refractivity contribution < 1.29 is 13.6 Å². The Bertz CT molecular complexity index is 580. The summed E-state index contributed by atoms with van der Waals surface area (Å²) >= 11 is 0. The predicted molar refractivity (Wildman–Crippen MR) is 112 cm³/mol. The van der Waals surface area contributed by atoms with E-state index in [9.17, 15) is 13.6 Å². The SMILES string of the molecule is CCNC(=NCCC(=O)N(CC)CC)NCCc1cccc(F)c1F.I. The third-order valence-electron chi connectivity index (χ3n) is 3.77. The van der Waals surface area contributed by atoms with Gasteiger partial charge in [0.05, 0.1) is 6.54 Å². The molecule has 1 rings (SSSR count). The molecule has 0 atom stereocenters. The number of halogens is 3. The van der Waals surface area contributed by atoms with Crippen LogP contribution in [0.4, 0.5) is 8.78 Å². The smallest absolute Gasteiger partial charge is 0.224 e. The molecule has 0 fully saturated rings. The fraction of sp³-hybridized carbons (Fsp3) is 0.556. The van der Waals surface area contributed by atoms with Gasteiger partial charge in [-0.1, -0.05) is 12.1 Å². The van der Waals surface area contributed by atoms with Gasteiger partial charge in [0.2, 0.25) is 5.91 Å². The highest BCUT2D eigenvalue weighted by atomic mass is 127. The van der Waals surface area contributed by atoms with Crippen LogP contribution in [0.15, 0.2) is 23.2 Å². The molecule has 0 unspecified atom stereocenters. The fourth-order valence-electron chi connectivity index (χ4n) is 2.40. The molecule has 1 amide bonds. The molecule has 0 heterocycles. The van der Waals surface area contributed by atoms with Crippen molar-refractivity contribution in [2.45, 2.75) is 33.6 Å². The summed E-state index contributed by atoms with van der Waals surface area (Å²) in [5.74, 6) is -1.01. The summed E-state index contributed by atoms with van der Waals surface area (Å²) < 4.78 is 26.8. The van der Waals surface area contributed by atoms with E-state index in [1.165, 1.54) is 6.07 Å². The van der Waals surface area contributed by atoms with E-state index in [-0.39, 0.29) is 29.9 Å². The molecule has 0 aliphatic carbocycles. The quantitative estimate of drug-likeness (QED) is 0.324. The van der Waals surface area contributed by atoms with E-state index >= 15 is 0 Å². The van der Waals surface area contributed by atoms with Gasteiger partial charge in [0.15, 0.2) is 17.6 Å². The highest BCUT2D eigenvalue weighted by molar-refractivity contribution is 14.0. The Labute approximate surface area is 171 Å². The summed E-state index contributed by atoms with van der Waals surface area (Å²) in [4.78, 5) is 18.1. The number of aliphatic imine (C=N–C) groups is 1. The molecule has 0 radical (unpaired) electrons. The van der Waals surface area contributed by atoms with E-state index in [0.29, 0.717) is 57.1 Å². The van der Waals surface area contributed by atoms with Gasteiger partial charge in [-0.05, 0) is 38.8 Å². The van der Waals surface area contributed by atoms with Crippen LogP contribution in [0.2, 0.25) is 0 Å². The number of amides is 1. The molecule has 8 heteroatoms. The Kier molecular flexibility index (Phi) is 12.9. The number of carbonyl (C=O) groups is 1. The van der Waals surface area contributed by atoms with Gasteiger partial charge in [0, 0.05) is 32.6 Å². The van der Waals surface area contributed by atoms with Crippen molar-refractivity contribution in [1.82, 2.24) is 15.5 Å². The van der Waals surface area contributed by atoms with Crippen molar-refractivity contribution in [2.75, 3.05) is 32.7 Å². The van der Waals surface area contributed by atoms with Crippen molar-refractivity contribution >= 4 is 35.8 Å². The lowest BCUT2D eigenvalue weighted by molar-refractivity contribution is -0.130. The molecular formula is C18H29F2IN4O. The first-order valence-corrected chi connectivity index (χ1v) is 8.76. The summed E-state index contributed by atoms with van der Waals surface area (Å²) in [6, 6.07) is 4.16. The maximum Gasteiger partial charge on any atom is 0.224 e. The van der Waals surface area contributed by atoms with Crippen LogP contribution in [0, 0.1) is 11.6 Å². The van der Waals surface area contributed by atoms with Crippen molar-refractivity contribution in [1.29, 1.82) is 0 Å². The molecule has 0 aromatic heterocycles. The second-order valence-electron chi connectivity index (χ2n) is 5.47. The molecular weight excluding hydrogens is 453 g/mol. The molecule has 1 aromatic carbocycles. The molecule has 0 saturated heterocycles. The first-order chi connectivity index (χ1) is 12.0. The van der Waals surface area contributed by atoms with Crippen LogP contribution in [0.3, 0.4) is 0 Å². The summed E-state index contributed by atoms with van der Waals surface area (Å²) in [6.45, 7) is 8.67. The third-order valence-corrected chi connectivity index (χ3v) is 3.77. The van der Waals surface area contributed by atoms with Crippen LogP contribution in [-0.4, -0.2) is 49.5 Å². The Morgan fingerprint density at radius 3 is 2.46 bits per heavy atom. The number of carbonyl (C=O) groups excluding carboxylic acids is 1. The van der Waals surface area contributed by atoms with Crippen LogP contribution < -0.4 is 10.6 Å². The van der Waals surface area contributed by atoms with E-state index in [1.54, 1.807) is 11.0 Å². The Morgan fingerprint density at radius 2 is 1.85 bits per heavy atom. The number of nitrogens with zero attached hydrogens (tertiary/aromatic N) is 2. The third kappa shape index (κ3) is 8.29. The molecule has 2 N–H and O–H groups in total. The van der Waals surface area contributed by atoms with E-state index in [2.05, 4.69) is 15.6 Å². The number of nitrogens with one attached hydrogen (secondary N) is 2. The molecule has 0 spiro atoms. The van der Waals surface area contributed by atoms with Gasteiger partial charge in [-0.25, -0.2) is 8.78 Å². The lowest BCUT2D eigenvalue weighted by atomic mass is 10.1. The number of rotatable bonds is 9. The number of hydrogen-bond donors (Lipinski definition) is 2. The van der Waals surface area contributed by atoms with Gasteiger partial charge in [-0.2, -0.15) is 0 Å². The van der Waals surface area contributed by atoms with Crippen LogP contribution in [-0.2, 0) is 11.2 Å². The highest BCUT2D eigenvalue weighted by Crippen LogP contribution is 2.11. The van der Waals surface area contributed by atoms with E-state index in [0.717, 1.165) is 6.07 Å². The zero-order chi connectivity index (χ0) is 18.7. The van der Waals surface area contributed by atoms with Gasteiger partial charge in [-0.3, -0.25) is 9.79 Å². The summed E-state index contributed by atoms with van der Waals surface area (Å²) in [5, 5.41) is 6.14. The van der Waals surface area contributed by atoms with Crippen molar-refractivity contribution in [2.24, 2.45) is 4.99 Å². The summed E-state index contributed by atoms with van der Waals surface area (Å²) in [5.41, 5.74) is 0.319. The first kappa shape index (κ1) is 24.6. The second kappa shape index (κ2) is 13.7. The minimum absolute atomic E-state index is 0. The Balaban J connectivity index is 0.00000625. The van der Waals surface area contributed by atoms with E-state index < -0.39 is 11.6 Å². The molecule has 1 aromatic rings. The van der Waals surface area contributed by atoms with Crippen molar-refractivity contribution in [3.8, 4) is 0 Å². The lowest BCUT2D eigenvalue weighted by Gasteiger charge is -2.18. The normalized spacial score (nSPS) is 10.9. The zero-order valence-electron chi connectivity index (χ0n) is 15.6. The number of hydrogen-bond acceptors (Lipinski definition) is 2. The van der Waals surface area contributed by atoms with Crippen molar-refractivity contribution in [3.05, 3.63) is 35.4 Å². The summed E-state index contributed by atoms with van der Waals surface area (Å²) in [6.07, 6.45) is 0.684. The Morgan fingerprint density at radius 1 is 1.15 bits per heavy atom. The molecule has 0 aliphatic heterocycles. The van der Waals surface area contributed by atoms with Crippen LogP contribution in [0.25, 0.3) is 0 Å². The van der Waals surface area contributed by atoms with Gasteiger partial charge < -0.3 is 15.5 Å². The van der Waals surface area contributed by atoms with E-state index in [1.807, 2.05) is 20.8 Å². The highest BCUT2D eigenvalue weighted by Gasteiger charge is 2.09. The van der Waals surface area contributed by atoms with Crippen LogP contribution in [0.1, 0.15) is 32.8 Å². The van der Waals surface area contributed by atoms with Crippen LogP contribution in [0.5, 0.6) is 0 Å². The largest absolute Gasteiger partial charge is 0.357 e. The average molecular weight is 482 g/mol. The lowest BCUT2D eigenvalue weighted by Crippen LogP contribution is -2.38. The molecule has 148 valence electrons. The minimum atomic E-state index is -0.840. The van der Waals surface area contributed by atoms with Gasteiger partial charge in [-0.15, -0.1) is 24.0 Å². The fourth-order valence-corrected chi connectivity index (χ4v) is 2.40. The van der Waals surface area contributed by atoms with Gasteiger partial charge in [0.1, 0.15) is 0 Å². The maximum absolute atomic E-state index is 13.6. The Hall–Kier alpha value is -1.45. The second-order valence-corrected chi connectivity index (χ2v) is 5.47. The molecule has 5 nitrogen and oxygen atoms in total. The monoisotopic (exact) mass is 482 g/mol. The van der Waals surface area contributed by atoms with E-state index in [4.69, 9.17) is 0 Å². The molecule has 0 bridgehead atoms.